The Morgan fingerprint density at radius 1 is 0.964 bits per heavy atom. The van der Waals surface area contributed by atoms with E-state index >= 15 is 0 Å². The summed E-state index contributed by atoms with van der Waals surface area (Å²) in [4.78, 5) is 28.2. The summed E-state index contributed by atoms with van der Waals surface area (Å²) < 4.78 is 0. The predicted molar refractivity (Wildman–Crippen MR) is 109 cm³/mol. The zero-order valence-electron chi connectivity index (χ0n) is 15.9. The molecule has 3 N–H and O–H groups in total. The Morgan fingerprint density at radius 2 is 1.71 bits per heavy atom. The van der Waals surface area contributed by atoms with Crippen molar-refractivity contribution in [3.63, 3.8) is 0 Å². The number of nitrogens with zero attached hydrogens (tertiary/aromatic N) is 2. The molecule has 6 heteroatoms. The Balaban J connectivity index is 1.31. The third-order valence-corrected chi connectivity index (χ3v) is 5.84. The van der Waals surface area contributed by atoms with E-state index in [0.717, 1.165) is 25.9 Å². The van der Waals surface area contributed by atoms with E-state index in [9.17, 15) is 9.59 Å². The molecule has 2 aliphatic rings. The number of hydrogen-bond acceptors (Lipinski definition) is 3. The molecule has 1 fully saturated rings. The minimum absolute atomic E-state index is 0.129. The molecule has 0 spiro atoms. The van der Waals surface area contributed by atoms with Gasteiger partial charge in [0.15, 0.2) is 0 Å². The monoisotopic (exact) mass is 378 g/mol. The summed E-state index contributed by atoms with van der Waals surface area (Å²) in [5.74, 6) is -0.501. The van der Waals surface area contributed by atoms with Crippen LogP contribution in [0.5, 0.6) is 0 Å². The first-order valence-corrected chi connectivity index (χ1v) is 9.87. The molecule has 3 amide bonds. The van der Waals surface area contributed by atoms with E-state index < -0.39 is 5.91 Å². The van der Waals surface area contributed by atoms with Gasteiger partial charge in [-0.05, 0) is 48.6 Å². The van der Waals surface area contributed by atoms with Gasteiger partial charge in [0.05, 0.1) is 0 Å². The second-order valence-electron chi connectivity index (χ2n) is 7.56. The van der Waals surface area contributed by atoms with Crippen molar-refractivity contribution in [1.29, 1.82) is 0 Å². The Labute approximate surface area is 165 Å². The average molecular weight is 378 g/mol. The summed E-state index contributed by atoms with van der Waals surface area (Å²) in [6.45, 7) is 3.20. The third kappa shape index (κ3) is 4.02. The molecule has 1 atom stereocenters. The van der Waals surface area contributed by atoms with Gasteiger partial charge in [0.2, 0.25) is 5.91 Å². The summed E-state index contributed by atoms with van der Waals surface area (Å²) in [6.07, 6.45) is 3.42. The number of hydrogen-bond donors (Lipinski definition) is 2. The second kappa shape index (κ2) is 8.02. The highest BCUT2D eigenvalue weighted by molar-refractivity contribution is 5.95. The number of carbonyl (C=O) groups is 2. The van der Waals surface area contributed by atoms with Gasteiger partial charge in [-0.25, -0.2) is 4.79 Å². The van der Waals surface area contributed by atoms with E-state index in [4.69, 9.17) is 5.73 Å². The van der Waals surface area contributed by atoms with Crippen LogP contribution in [0.25, 0.3) is 0 Å². The number of nitrogens with two attached hydrogens (primary N) is 1. The van der Waals surface area contributed by atoms with Gasteiger partial charge in [0.1, 0.15) is 0 Å². The topological polar surface area (TPSA) is 78.7 Å². The van der Waals surface area contributed by atoms with E-state index in [1.165, 1.54) is 17.5 Å². The molecule has 0 bridgehead atoms. The van der Waals surface area contributed by atoms with Crippen LogP contribution in [0.3, 0.4) is 0 Å². The maximum absolute atomic E-state index is 12.6. The number of amides is 3. The van der Waals surface area contributed by atoms with Crippen LogP contribution in [-0.2, 0) is 12.8 Å². The van der Waals surface area contributed by atoms with Crippen molar-refractivity contribution in [3.05, 3.63) is 65.2 Å². The number of carbonyl (C=O) groups excluding carboxylic acids is 2. The van der Waals surface area contributed by atoms with Gasteiger partial charge in [-0.15, -0.1) is 0 Å². The lowest BCUT2D eigenvalue weighted by Gasteiger charge is -2.41. The Kier molecular flexibility index (Phi) is 5.30. The fraction of sp³-hybridized carbons (Fsp3) is 0.364. The van der Waals surface area contributed by atoms with Crippen LogP contribution in [0, 0.1) is 0 Å². The van der Waals surface area contributed by atoms with Gasteiger partial charge in [-0.1, -0.05) is 30.3 Å². The number of nitrogens with one attached hydrogen (secondary N) is 1. The molecule has 1 aliphatic carbocycles. The second-order valence-corrected chi connectivity index (χ2v) is 7.56. The van der Waals surface area contributed by atoms with Crippen molar-refractivity contribution >= 4 is 17.6 Å². The minimum atomic E-state index is -0.501. The number of piperazine rings is 1. The molecule has 1 saturated heterocycles. The number of benzene rings is 2. The molecule has 146 valence electrons. The van der Waals surface area contributed by atoms with Gasteiger partial charge in [0.25, 0.3) is 0 Å². The summed E-state index contributed by atoms with van der Waals surface area (Å²) in [5, 5.41) is 2.87. The molecule has 0 radical (unpaired) electrons. The van der Waals surface area contributed by atoms with Crippen LogP contribution in [0.4, 0.5) is 10.5 Å². The summed E-state index contributed by atoms with van der Waals surface area (Å²) in [6, 6.07) is 15.9. The van der Waals surface area contributed by atoms with Crippen LogP contribution in [0.15, 0.2) is 48.5 Å². The predicted octanol–water partition coefficient (Wildman–Crippen LogP) is 2.49. The summed E-state index contributed by atoms with van der Waals surface area (Å²) in [7, 11) is 0. The molecule has 1 heterocycles. The van der Waals surface area contributed by atoms with Crippen LogP contribution < -0.4 is 11.1 Å². The lowest BCUT2D eigenvalue weighted by atomic mass is 9.87. The number of aryl methyl sites for hydroxylation is 1. The average Bonchev–Trinajstić information content (AvgIpc) is 2.73. The number of rotatable bonds is 3. The Morgan fingerprint density at radius 3 is 2.46 bits per heavy atom. The smallest absolute Gasteiger partial charge is 0.321 e. The highest BCUT2D eigenvalue weighted by Gasteiger charge is 2.28. The SMILES string of the molecule is NC(=O)c1cccc(NC(=O)N2CCN(C3CCc4ccccc4C3)CC2)c1. The van der Waals surface area contributed by atoms with Gasteiger partial charge < -0.3 is 16.0 Å². The standard InChI is InChI=1S/C22H26N4O2/c23-21(27)18-6-3-7-19(14-18)24-22(28)26-12-10-25(11-13-26)20-9-8-16-4-1-2-5-17(16)15-20/h1-7,14,20H,8-13,15H2,(H2,23,27)(H,24,28). The normalized spacial score (nSPS) is 19.7. The zero-order chi connectivity index (χ0) is 19.5. The first-order valence-electron chi connectivity index (χ1n) is 9.87. The third-order valence-electron chi connectivity index (χ3n) is 5.84. The van der Waals surface area contributed by atoms with Crippen molar-refractivity contribution in [2.45, 2.75) is 25.3 Å². The van der Waals surface area contributed by atoms with Gasteiger partial charge in [-0.3, -0.25) is 9.69 Å². The quantitative estimate of drug-likeness (QED) is 0.861. The van der Waals surface area contributed by atoms with Crippen molar-refractivity contribution in [3.8, 4) is 0 Å². The number of fused-ring (bicyclic) bond motifs is 1. The van der Waals surface area contributed by atoms with Crippen molar-refractivity contribution in [2.75, 3.05) is 31.5 Å². The van der Waals surface area contributed by atoms with Crippen LogP contribution >= 0.6 is 0 Å². The molecule has 1 aliphatic heterocycles. The molecule has 1 unspecified atom stereocenters. The lowest BCUT2D eigenvalue weighted by molar-refractivity contribution is 0.1000. The Bertz CT molecular complexity index is 874. The highest BCUT2D eigenvalue weighted by Crippen LogP contribution is 2.25. The largest absolute Gasteiger partial charge is 0.366 e. The maximum Gasteiger partial charge on any atom is 0.321 e. The molecule has 6 nitrogen and oxygen atoms in total. The molecular formula is C22H26N4O2. The minimum Gasteiger partial charge on any atom is -0.366 e. The van der Waals surface area contributed by atoms with Crippen molar-refractivity contribution in [1.82, 2.24) is 9.80 Å². The Hall–Kier alpha value is -2.86. The van der Waals surface area contributed by atoms with Crippen molar-refractivity contribution < 1.29 is 9.59 Å². The number of primary amides is 1. The van der Waals surface area contributed by atoms with E-state index in [0.29, 0.717) is 30.4 Å². The van der Waals surface area contributed by atoms with Gasteiger partial charge >= 0.3 is 6.03 Å². The molecule has 28 heavy (non-hydrogen) atoms. The van der Waals surface area contributed by atoms with Gasteiger partial charge in [0, 0.05) is 43.5 Å². The van der Waals surface area contributed by atoms with Crippen LogP contribution in [0.2, 0.25) is 0 Å². The molecule has 2 aromatic rings. The van der Waals surface area contributed by atoms with E-state index in [-0.39, 0.29) is 6.03 Å². The van der Waals surface area contributed by atoms with Gasteiger partial charge in [-0.2, -0.15) is 0 Å². The lowest BCUT2D eigenvalue weighted by Crippen LogP contribution is -2.53. The van der Waals surface area contributed by atoms with E-state index in [2.05, 4.69) is 34.5 Å². The number of urea groups is 1. The van der Waals surface area contributed by atoms with Crippen molar-refractivity contribution in [2.24, 2.45) is 5.73 Å². The number of anilines is 1. The zero-order valence-corrected chi connectivity index (χ0v) is 15.9. The fourth-order valence-electron chi connectivity index (χ4n) is 4.23. The van der Waals surface area contributed by atoms with E-state index in [1.807, 2.05) is 4.90 Å². The summed E-state index contributed by atoms with van der Waals surface area (Å²) in [5.41, 5.74) is 9.23. The molecule has 0 saturated carbocycles. The molecule has 4 rings (SSSR count). The first-order chi connectivity index (χ1) is 13.6. The first kappa shape index (κ1) is 18.5. The van der Waals surface area contributed by atoms with E-state index in [1.54, 1.807) is 24.3 Å². The summed E-state index contributed by atoms with van der Waals surface area (Å²) >= 11 is 0. The maximum atomic E-state index is 12.6. The molecule has 0 aromatic heterocycles. The van der Waals surface area contributed by atoms with Crippen LogP contribution in [0.1, 0.15) is 27.9 Å². The molecule has 2 aromatic carbocycles. The van der Waals surface area contributed by atoms with Crippen LogP contribution in [-0.4, -0.2) is 54.0 Å². The fourth-order valence-corrected chi connectivity index (χ4v) is 4.23. The molecular weight excluding hydrogens is 352 g/mol. The highest BCUT2D eigenvalue weighted by atomic mass is 16.2.